The van der Waals surface area contributed by atoms with Crippen LogP contribution in [0.3, 0.4) is 0 Å². The molecule has 33 heavy (non-hydrogen) atoms. The number of amides is 2. The van der Waals surface area contributed by atoms with Gasteiger partial charge in [-0.25, -0.2) is 0 Å². The highest BCUT2D eigenvalue weighted by atomic mass is 16.5. The molecule has 1 aliphatic heterocycles. The second kappa shape index (κ2) is 12.0. The van der Waals surface area contributed by atoms with Crippen molar-refractivity contribution >= 4 is 17.8 Å². The summed E-state index contributed by atoms with van der Waals surface area (Å²) >= 11 is 0. The Hall–Kier alpha value is -3.35. The van der Waals surface area contributed by atoms with Crippen molar-refractivity contribution < 1.29 is 23.9 Å². The quantitative estimate of drug-likeness (QED) is 0.356. The fourth-order valence-electron chi connectivity index (χ4n) is 3.79. The van der Waals surface area contributed by atoms with E-state index in [4.69, 9.17) is 9.47 Å². The molecule has 2 aromatic carbocycles. The number of hydrogen-bond acceptors (Lipinski definition) is 5. The molecule has 0 unspecified atom stereocenters. The summed E-state index contributed by atoms with van der Waals surface area (Å²) in [6, 6.07) is 14.6. The van der Waals surface area contributed by atoms with Gasteiger partial charge in [-0.3, -0.25) is 14.4 Å². The van der Waals surface area contributed by atoms with E-state index in [2.05, 4.69) is 5.32 Å². The van der Waals surface area contributed by atoms with Gasteiger partial charge in [-0.1, -0.05) is 23.8 Å². The molecule has 176 valence electrons. The first kappa shape index (κ1) is 24.3. The van der Waals surface area contributed by atoms with Crippen LogP contribution >= 0.6 is 0 Å². The number of carbonyl (C=O) groups is 3. The zero-order valence-electron chi connectivity index (χ0n) is 19.3. The molecular formula is C26H32N2O5. The van der Waals surface area contributed by atoms with E-state index < -0.39 is 5.97 Å². The molecule has 1 aliphatic rings. The second-order valence-corrected chi connectivity index (χ2v) is 8.43. The lowest BCUT2D eigenvalue weighted by molar-refractivity contribution is -0.131. The minimum absolute atomic E-state index is 0.0308. The van der Waals surface area contributed by atoms with Gasteiger partial charge in [0, 0.05) is 38.5 Å². The minimum atomic E-state index is -0.416. The van der Waals surface area contributed by atoms with Crippen LogP contribution in [0.1, 0.15) is 48.5 Å². The molecule has 7 nitrogen and oxygen atoms in total. The Morgan fingerprint density at radius 3 is 2.45 bits per heavy atom. The van der Waals surface area contributed by atoms with Crippen molar-refractivity contribution in [2.75, 3.05) is 26.2 Å². The number of esters is 1. The minimum Gasteiger partial charge on any atom is -0.494 e. The molecule has 2 amide bonds. The number of nitrogens with zero attached hydrogens (tertiary/aromatic N) is 1. The molecule has 7 heteroatoms. The van der Waals surface area contributed by atoms with E-state index in [9.17, 15) is 14.4 Å². The first-order valence-electron chi connectivity index (χ1n) is 11.4. The van der Waals surface area contributed by atoms with Crippen molar-refractivity contribution in [3.05, 3.63) is 59.7 Å². The predicted octanol–water partition coefficient (Wildman–Crippen LogP) is 3.75. The molecule has 3 rings (SSSR count). The summed E-state index contributed by atoms with van der Waals surface area (Å²) in [7, 11) is 0. The molecule has 0 saturated carbocycles. The highest BCUT2D eigenvalue weighted by Gasteiger charge is 2.24. The Balaban J connectivity index is 1.33. The molecule has 2 aromatic rings. The summed E-state index contributed by atoms with van der Waals surface area (Å²) in [5.41, 5.74) is 1.69. The molecule has 1 fully saturated rings. The number of carbonyl (C=O) groups excluding carboxylic acids is 3. The van der Waals surface area contributed by atoms with Gasteiger partial charge in [0.05, 0.1) is 6.61 Å². The molecule has 0 bridgehead atoms. The number of hydrogen-bond donors (Lipinski definition) is 1. The first-order valence-corrected chi connectivity index (χ1v) is 11.4. The lowest BCUT2D eigenvalue weighted by Gasteiger charge is -2.32. The lowest BCUT2D eigenvalue weighted by Crippen LogP contribution is -2.41. The average Bonchev–Trinajstić information content (AvgIpc) is 2.81. The predicted molar refractivity (Wildman–Crippen MR) is 125 cm³/mol. The van der Waals surface area contributed by atoms with Crippen LogP contribution in [0.15, 0.2) is 48.5 Å². The molecule has 1 heterocycles. The Kier molecular flexibility index (Phi) is 8.87. The summed E-state index contributed by atoms with van der Waals surface area (Å²) in [4.78, 5) is 37.9. The van der Waals surface area contributed by atoms with Crippen molar-refractivity contribution in [2.45, 2.75) is 39.5 Å². The van der Waals surface area contributed by atoms with E-state index in [1.54, 1.807) is 24.3 Å². The van der Waals surface area contributed by atoms with E-state index in [1.807, 2.05) is 36.1 Å². The van der Waals surface area contributed by atoms with Crippen LogP contribution in [0.25, 0.3) is 0 Å². The fourth-order valence-corrected chi connectivity index (χ4v) is 3.79. The van der Waals surface area contributed by atoms with Crippen molar-refractivity contribution in [1.29, 1.82) is 0 Å². The number of benzene rings is 2. The van der Waals surface area contributed by atoms with Crippen LogP contribution in [-0.2, 0) is 9.59 Å². The van der Waals surface area contributed by atoms with E-state index in [0.29, 0.717) is 56.3 Å². The van der Waals surface area contributed by atoms with Gasteiger partial charge in [0.1, 0.15) is 11.5 Å². The topological polar surface area (TPSA) is 84.9 Å². The molecule has 0 aromatic heterocycles. The van der Waals surface area contributed by atoms with Gasteiger partial charge in [-0.05, 0) is 62.4 Å². The summed E-state index contributed by atoms with van der Waals surface area (Å²) in [5, 5.41) is 3.01. The Labute approximate surface area is 195 Å². The number of likely N-dealkylation sites (tertiary alicyclic amines) is 1. The summed E-state index contributed by atoms with van der Waals surface area (Å²) < 4.78 is 10.7. The van der Waals surface area contributed by atoms with Crippen molar-refractivity contribution in [3.63, 3.8) is 0 Å². The third-order valence-corrected chi connectivity index (χ3v) is 5.67. The van der Waals surface area contributed by atoms with Crippen LogP contribution in [0.4, 0.5) is 0 Å². The number of nitrogens with one attached hydrogen (secondary N) is 1. The van der Waals surface area contributed by atoms with Crippen LogP contribution in [0, 0.1) is 12.8 Å². The maximum absolute atomic E-state index is 12.8. The SMILES string of the molecule is CC(=O)Oc1cccc(C(=O)N2CCC(CNC(=O)CCCOc3ccc(C)cc3)CC2)c1. The van der Waals surface area contributed by atoms with Gasteiger partial charge in [0.15, 0.2) is 0 Å². The summed E-state index contributed by atoms with van der Waals surface area (Å²) in [5.74, 6) is 1.09. The zero-order chi connectivity index (χ0) is 23.6. The Morgan fingerprint density at radius 2 is 1.76 bits per heavy atom. The summed E-state index contributed by atoms with van der Waals surface area (Å²) in [6.45, 7) is 5.78. The largest absolute Gasteiger partial charge is 0.494 e. The van der Waals surface area contributed by atoms with E-state index in [1.165, 1.54) is 12.5 Å². The zero-order valence-corrected chi connectivity index (χ0v) is 19.3. The van der Waals surface area contributed by atoms with Gasteiger partial charge in [-0.15, -0.1) is 0 Å². The van der Waals surface area contributed by atoms with Crippen molar-refractivity contribution in [3.8, 4) is 11.5 Å². The number of aryl methyl sites for hydroxylation is 1. The van der Waals surface area contributed by atoms with Crippen LogP contribution in [0.5, 0.6) is 11.5 Å². The molecule has 0 aliphatic carbocycles. The maximum atomic E-state index is 12.8. The maximum Gasteiger partial charge on any atom is 0.308 e. The first-order chi connectivity index (χ1) is 15.9. The van der Waals surface area contributed by atoms with Crippen molar-refractivity contribution in [2.24, 2.45) is 5.92 Å². The third-order valence-electron chi connectivity index (χ3n) is 5.67. The van der Waals surface area contributed by atoms with E-state index in [0.717, 1.165) is 18.6 Å². The Morgan fingerprint density at radius 1 is 1.03 bits per heavy atom. The Bertz CT molecular complexity index is 949. The van der Waals surface area contributed by atoms with Gasteiger partial charge < -0.3 is 19.7 Å². The summed E-state index contributed by atoms with van der Waals surface area (Å²) in [6.07, 6.45) is 2.78. The molecule has 1 saturated heterocycles. The second-order valence-electron chi connectivity index (χ2n) is 8.43. The van der Waals surface area contributed by atoms with Crippen LogP contribution < -0.4 is 14.8 Å². The van der Waals surface area contributed by atoms with Crippen LogP contribution in [0.2, 0.25) is 0 Å². The number of ether oxygens (including phenoxy) is 2. The van der Waals surface area contributed by atoms with Crippen molar-refractivity contribution in [1.82, 2.24) is 10.2 Å². The van der Waals surface area contributed by atoms with Gasteiger partial charge in [0.2, 0.25) is 5.91 Å². The smallest absolute Gasteiger partial charge is 0.308 e. The third kappa shape index (κ3) is 7.93. The lowest BCUT2D eigenvalue weighted by atomic mass is 9.96. The van der Waals surface area contributed by atoms with E-state index in [-0.39, 0.29) is 11.8 Å². The molecule has 1 N–H and O–H groups in total. The van der Waals surface area contributed by atoms with Gasteiger partial charge >= 0.3 is 5.97 Å². The molecular weight excluding hydrogens is 420 g/mol. The highest BCUT2D eigenvalue weighted by Crippen LogP contribution is 2.21. The molecule has 0 atom stereocenters. The normalized spacial score (nSPS) is 13.9. The monoisotopic (exact) mass is 452 g/mol. The molecule has 0 spiro atoms. The number of rotatable bonds is 9. The fraction of sp³-hybridized carbons (Fsp3) is 0.423. The van der Waals surface area contributed by atoms with Gasteiger partial charge in [-0.2, -0.15) is 0 Å². The van der Waals surface area contributed by atoms with Gasteiger partial charge in [0.25, 0.3) is 5.91 Å². The average molecular weight is 453 g/mol. The van der Waals surface area contributed by atoms with Crippen LogP contribution in [-0.4, -0.2) is 48.9 Å². The molecule has 0 radical (unpaired) electrons. The standard InChI is InChI=1S/C26H32N2O5/c1-19-8-10-23(11-9-19)32-16-4-7-25(30)27-18-21-12-14-28(15-13-21)26(31)22-5-3-6-24(17-22)33-20(2)29/h3,5-6,8-11,17,21H,4,7,12-16,18H2,1-2H3,(H,27,30). The highest BCUT2D eigenvalue weighted by molar-refractivity contribution is 5.94. The number of piperidine rings is 1. The van der Waals surface area contributed by atoms with E-state index >= 15 is 0 Å².